The Hall–Kier alpha value is -3.06. The largest absolute Gasteiger partial charge is 0.438 e. The number of hydrogen-bond acceptors (Lipinski definition) is 4. The lowest BCUT2D eigenvalue weighted by Gasteiger charge is -2.10. The lowest BCUT2D eigenvalue weighted by molar-refractivity contribution is 0.467. The van der Waals surface area contributed by atoms with Crippen molar-refractivity contribution in [3.05, 3.63) is 59.8 Å². The van der Waals surface area contributed by atoms with E-state index in [4.69, 9.17) is 15.7 Å². The van der Waals surface area contributed by atoms with Crippen LogP contribution >= 0.6 is 0 Å². The Bertz CT molecular complexity index is 866. The third-order valence-electron chi connectivity index (χ3n) is 3.19. The molecule has 2 N–H and O–H groups in total. The molecule has 0 radical (unpaired) electrons. The van der Waals surface area contributed by atoms with Gasteiger partial charge in [-0.15, -0.1) is 0 Å². The second-order valence-electron chi connectivity index (χ2n) is 4.75. The maximum Gasteiger partial charge on any atom is 0.220 e. The van der Waals surface area contributed by atoms with Gasteiger partial charge in [0.15, 0.2) is 0 Å². The number of aromatic nitrogens is 1. The van der Waals surface area contributed by atoms with Crippen LogP contribution in [0.25, 0.3) is 10.8 Å². The quantitative estimate of drug-likeness (QED) is 0.722. The van der Waals surface area contributed by atoms with Crippen molar-refractivity contribution in [2.75, 3.05) is 5.73 Å². The lowest BCUT2D eigenvalue weighted by atomic mass is 10.1. The van der Waals surface area contributed by atoms with Crippen molar-refractivity contribution in [2.24, 2.45) is 0 Å². The molecule has 0 fully saturated rings. The lowest BCUT2D eigenvalue weighted by Crippen LogP contribution is -1.94. The van der Waals surface area contributed by atoms with E-state index in [0.29, 0.717) is 22.9 Å². The SMILES string of the molecule is Cc1cc(C#N)cc(Oc2ccc(N)c3ccccc23)n1. The monoisotopic (exact) mass is 275 g/mol. The molecule has 0 unspecified atom stereocenters. The highest BCUT2D eigenvalue weighted by Crippen LogP contribution is 2.32. The van der Waals surface area contributed by atoms with Crippen molar-refractivity contribution in [1.82, 2.24) is 4.98 Å². The van der Waals surface area contributed by atoms with Gasteiger partial charge in [0.25, 0.3) is 0 Å². The Morgan fingerprint density at radius 2 is 1.86 bits per heavy atom. The molecule has 0 spiro atoms. The van der Waals surface area contributed by atoms with Gasteiger partial charge < -0.3 is 10.5 Å². The van der Waals surface area contributed by atoms with Crippen LogP contribution in [0.2, 0.25) is 0 Å². The van der Waals surface area contributed by atoms with Crippen molar-refractivity contribution in [2.45, 2.75) is 6.92 Å². The first-order valence-electron chi connectivity index (χ1n) is 6.51. The number of fused-ring (bicyclic) bond motifs is 1. The number of aryl methyl sites for hydroxylation is 1. The molecule has 0 saturated carbocycles. The zero-order chi connectivity index (χ0) is 14.8. The molecule has 0 atom stereocenters. The molecule has 1 heterocycles. The average Bonchev–Trinajstić information content (AvgIpc) is 2.50. The second-order valence-corrected chi connectivity index (χ2v) is 4.75. The Balaban J connectivity index is 2.09. The highest BCUT2D eigenvalue weighted by Gasteiger charge is 2.08. The highest BCUT2D eigenvalue weighted by molar-refractivity contribution is 5.97. The molecule has 1 aromatic heterocycles. The number of anilines is 1. The smallest absolute Gasteiger partial charge is 0.220 e. The topological polar surface area (TPSA) is 71.9 Å². The van der Waals surface area contributed by atoms with Crippen LogP contribution in [0, 0.1) is 18.3 Å². The summed E-state index contributed by atoms with van der Waals surface area (Å²) in [6.45, 7) is 1.83. The Morgan fingerprint density at radius 3 is 2.62 bits per heavy atom. The molecule has 0 amide bonds. The molecule has 0 aliphatic heterocycles. The fraction of sp³-hybridized carbons (Fsp3) is 0.0588. The average molecular weight is 275 g/mol. The van der Waals surface area contributed by atoms with Gasteiger partial charge in [-0.3, -0.25) is 0 Å². The summed E-state index contributed by atoms with van der Waals surface area (Å²) in [5.41, 5.74) is 7.94. The highest BCUT2D eigenvalue weighted by atomic mass is 16.5. The van der Waals surface area contributed by atoms with Gasteiger partial charge in [0, 0.05) is 28.2 Å². The predicted octanol–water partition coefficient (Wildman–Crippen LogP) is 3.79. The molecule has 0 saturated heterocycles. The number of rotatable bonds is 2. The molecule has 0 aliphatic rings. The number of nitrogens with two attached hydrogens (primary N) is 1. The summed E-state index contributed by atoms with van der Waals surface area (Å²) in [4.78, 5) is 4.30. The number of benzene rings is 2. The zero-order valence-corrected chi connectivity index (χ0v) is 11.5. The Labute approximate surface area is 122 Å². The number of nitrogens with zero attached hydrogens (tertiary/aromatic N) is 2. The van der Waals surface area contributed by atoms with Gasteiger partial charge >= 0.3 is 0 Å². The molecule has 0 aliphatic carbocycles. The van der Waals surface area contributed by atoms with E-state index in [0.717, 1.165) is 16.5 Å². The van der Waals surface area contributed by atoms with Crippen LogP contribution in [0.15, 0.2) is 48.5 Å². The van der Waals surface area contributed by atoms with Crippen LogP contribution in [-0.4, -0.2) is 4.98 Å². The minimum atomic E-state index is 0.404. The van der Waals surface area contributed by atoms with Crippen LogP contribution in [0.5, 0.6) is 11.6 Å². The van der Waals surface area contributed by atoms with E-state index < -0.39 is 0 Å². The van der Waals surface area contributed by atoms with Gasteiger partial charge in [-0.25, -0.2) is 4.98 Å². The van der Waals surface area contributed by atoms with E-state index in [-0.39, 0.29) is 0 Å². The third-order valence-corrected chi connectivity index (χ3v) is 3.19. The Kier molecular flexibility index (Phi) is 3.17. The summed E-state index contributed by atoms with van der Waals surface area (Å²) in [5, 5.41) is 10.9. The fourth-order valence-corrected chi connectivity index (χ4v) is 2.25. The normalized spacial score (nSPS) is 10.3. The summed E-state index contributed by atoms with van der Waals surface area (Å²) in [6, 6.07) is 16.8. The predicted molar refractivity (Wildman–Crippen MR) is 82.1 cm³/mol. The van der Waals surface area contributed by atoms with Gasteiger partial charge in [0.1, 0.15) is 5.75 Å². The molecule has 0 bridgehead atoms. The first kappa shape index (κ1) is 12.9. The Morgan fingerprint density at radius 1 is 1.10 bits per heavy atom. The van der Waals surface area contributed by atoms with E-state index in [1.807, 2.05) is 37.3 Å². The molecule has 2 aromatic carbocycles. The number of nitriles is 1. The summed E-state index contributed by atoms with van der Waals surface area (Å²) in [5.74, 6) is 1.07. The van der Waals surface area contributed by atoms with E-state index in [1.165, 1.54) is 0 Å². The summed E-state index contributed by atoms with van der Waals surface area (Å²) >= 11 is 0. The van der Waals surface area contributed by atoms with Crippen LogP contribution in [0.4, 0.5) is 5.69 Å². The van der Waals surface area contributed by atoms with Gasteiger partial charge in [0.2, 0.25) is 5.88 Å². The standard InChI is InChI=1S/C17H13N3O/c1-11-8-12(10-18)9-17(20-11)21-16-7-6-15(19)13-4-2-3-5-14(13)16/h2-9H,19H2,1H3. The number of pyridine rings is 1. The molecule has 4 nitrogen and oxygen atoms in total. The van der Waals surface area contributed by atoms with Crippen LogP contribution in [-0.2, 0) is 0 Å². The molecule has 4 heteroatoms. The van der Waals surface area contributed by atoms with Crippen molar-refractivity contribution in [1.29, 1.82) is 5.26 Å². The molecule has 102 valence electrons. The first-order valence-corrected chi connectivity index (χ1v) is 6.51. The molecule has 21 heavy (non-hydrogen) atoms. The van der Waals surface area contributed by atoms with Crippen molar-refractivity contribution in [3.8, 4) is 17.7 Å². The van der Waals surface area contributed by atoms with Gasteiger partial charge in [0.05, 0.1) is 11.6 Å². The van der Waals surface area contributed by atoms with E-state index in [1.54, 1.807) is 18.2 Å². The second kappa shape index (κ2) is 5.14. The van der Waals surface area contributed by atoms with Crippen molar-refractivity contribution in [3.63, 3.8) is 0 Å². The maximum absolute atomic E-state index is 9.01. The minimum absolute atomic E-state index is 0.404. The maximum atomic E-state index is 9.01. The number of ether oxygens (including phenoxy) is 1. The summed E-state index contributed by atoms with van der Waals surface area (Å²) in [7, 11) is 0. The summed E-state index contributed by atoms with van der Waals surface area (Å²) < 4.78 is 5.85. The van der Waals surface area contributed by atoms with Gasteiger partial charge in [-0.2, -0.15) is 5.26 Å². The first-order chi connectivity index (χ1) is 10.2. The van der Waals surface area contributed by atoms with Gasteiger partial charge in [-0.05, 0) is 25.1 Å². The van der Waals surface area contributed by atoms with Crippen LogP contribution in [0.1, 0.15) is 11.3 Å². The zero-order valence-electron chi connectivity index (χ0n) is 11.5. The summed E-state index contributed by atoms with van der Waals surface area (Å²) in [6.07, 6.45) is 0. The number of nitrogen functional groups attached to an aromatic ring is 1. The molecular formula is C17H13N3O. The van der Waals surface area contributed by atoms with E-state index >= 15 is 0 Å². The van der Waals surface area contributed by atoms with Crippen molar-refractivity contribution < 1.29 is 4.74 Å². The molecule has 3 rings (SSSR count). The van der Waals surface area contributed by atoms with Crippen LogP contribution in [0.3, 0.4) is 0 Å². The third kappa shape index (κ3) is 2.49. The number of hydrogen-bond donors (Lipinski definition) is 1. The fourth-order valence-electron chi connectivity index (χ4n) is 2.25. The van der Waals surface area contributed by atoms with E-state index in [2.05, 4.69) is 11.1 Å². The van der Waals surface area contributed by atoms with Crippen LogP contribution < -0.4 is 10.5 Å². The molecular weight excluding hydrogens is 262 g/mol. The molecule has 3 aromatic rings. The minimum Gasteiger partial charge on any atom is -0.438 e. The van der Waals surface area contributed by atoms with Gasteiger partial charge in [-0.1, -0.05) is 24.3 Å². The van der Waals surface area contributed by atoms with E-state index in [9.17, 15) is 0 Å². The van der Waals surface area contributed by atoms with Crippen molar-refractivity contribution >= 4 is 16.5 Å².